The first-order valence-corrected chi connectivity index (χ1v) is 10.6. The van der Waals surface area contributed by atoms with Crippen LogP contribution in [0.2, 0.25) is 0 Å². The molecule has 2 fully saturated rings. The van der Waals surface area contributed by atoms with Crippen molar-refractivity contribution in [2.24, 2.45) is 0 Å². The summed E-state index contributed by atoms with van der Waals surface area (Å²) in [5, 5.41) is 14.6. The average molecular weight is 413 g/mol. The van der Waals surface area contributed by atoms with E-state index in [-0.39, 0.29) is 12.1 Å². The highest BCUT2D eigenvalue weighted by Gasteiger charge is 2.35. The summed E-state index contributed by atoms with van der Waals surface area (Å²) in [5.74, 6) is 0. The van der Waals surface area contributed by atoms with Crippen molar-refractivity contribution in [2.75, 3.05) is 19.7 Å². The summed E-state index contributed by atoms with van der Waals surface area (Å²) >= 11 is 0. The van der Waals surface area contributed by atoms with Gasteiger partial charge in [0.2, 0.25) is 0 Å². The van der Waals surface area contributed by atoms with Gasteiger partial charge in [0, 0.05) is 48.3 Å². The van der Waals surface area contributed by atoms with Crippen molar-refractivity contribution >= 4 is 11.0 Å². The van der Waals surface area contributed by atoms with Crippen LogP contribution in [0.15, 0.2) is 48.8 Å². The second kappa shape index (κ2) is 7.49. The predicted molar refractivity (Wildman–Crippen MR) is 117 cm³/mol. The fourth-order valence-electron chi connectivity index (χ4n) is 4.53. The molecule has 8 heteroatoms. The third-order valence-electron chi connectivity index (χ3n) is 6.09. The molecule has 0 amide bonds. The number of nitrogens with zero attached hydrogens (tertiary/aromatic N) is 4. The molecule has 31 heavy (non-hydrogen) atoms. The first kappa shape index (κ1) is 18.6. The number of aryl methyl sites for hydroxylation is 1. The number of aromatic amines is 1. The zero-order valence-electron chi connectivity index (χ0n) is 17.2. The summed E-state index contributed by atoms with van der Waals surface area (Å²) in [6.07, 6.45) is 3.96. The molecule has 156 valence electrons. The topological polar surface area (TPSA) is 101 Å². The minimum absolute atomic E-state index is 0.0802. The Morgan fingerprint density at radius 3 is 2.94 bits per heavy atom. The summed E-state index contributed by atoms with van der Waals surface area (Å²) in [4.78, 5) is 14.2. The smallest absolute Gasteiger partial charge is 0.120 e. The Morgan fingerprint density at radius 2 is 2.00 bits per heavy atom. The summed E-state index contributed by atoms with van der Waals surface area (Å²) < 4.78 is 6.11. The zero-order valence-corrected chi connectivity index (χ0v) is 17.2. The molecule has 0 aliphatic carbocycles. The summed E-state index contributed by atoms with van der Waals surface area (Å²) in [5.41, 5.74) is 7.19. The van der Waals surface area contributed by atoms with Gasteiger partial charge in [0.05, 0.1) is 41.2 Å². The third kappa shape index (κ3) is 3.29. The molecule has 6 rings (SSSR count). The molecule has 4 aromatic heterocycles. The Kier molecular flexibility index (Phi) is 4.48. The van der Waals surface area contributed by atoms with Gasteiger partial charge in [0.25, 0.3) is 0 Å². The van der Waals surface area contributed by atoms with Crippen LogP contribution < -0.4 is 10.6 Å². The molecule has 3 N–H and O–H groups in total. The number of H-pyrrole nitrogens is 1. The molecule has 8 nitrogen and oxygen atoms in total. The van der Waals surface area contributed by atoms with Gasteiger partial charge < -0.3 is 15.4 Å². The lowest BCUT2D eigenvalue weighted by atomic mass is 10.0. The molecule has 1 unspecified atom stereocenters. The highest BCUT2D eigenvalue weighted by atomic mass is 16.5. The molecule has 4 aromatic rings. The lowest BCUT2D eigenvalue weighted by Crippen LogP contribution is -2.49. The van der Waals surface area contributed by atoms with E-state index >= 15 is 0 Å². The van der Waals surface area contributed by atoms with E-state index in [1.807, 2.05) is 55.7 Å². The number of fused-ring (bicyclic) bond motifs is 2. The molecular formula is C23H23N7O. The fraction of sp³-hybridized carbons (Fsp3) is 0.304. The van der Waals surface area contributed by atoms with E-state index in [1.165, 1.54) is 0 Å². The second-order valence-corrected chi connectivity index (χ2v) is 8.13. The molecule has 2 aliphatic heterocycles. The number of nitrogens with one attached hydrogen (secondary N) is 3. The van der Waals surface area contributed by atoms with Crippen molar-refractivity contribution in [2.45, 2.75) is 25.1 Å². The van der Waals surface area contributed by atoms with E-state index in [0.29, 0.717) is 12.6 Å². The van der Waals surface area contributed by atoms with E-state index in [2.05, 4.69) is 30.8 Å². The minimum atomic E-state index is 0.0802. The largest absolute Gasteiger partial charge is 0.373 e. The Hall–Kier alpha value is -3.20. The Bertz CT molecular complexity index is 1250. The molecule has 0 bridgehead atoms. The Labute approximate surface area is 179 Å². The molecule has 2 aliphatic rings. The maximum atomic E-state index is 6.11. The lowest BCUT2D eigenvalue weighted by Gasteiger charge is -2.33. The molecule has 0 radical (unpaired) electrons. The molecule has 0 spiro atoms. The van der Waals surface area contributed by atoms with E-state index in [9.17, 15) is 0 Å². The van der Waals surface area contributed by atoms with Crippen LogP contribution in [0.25, 0.3) is 33.7 Å². The van der Waals surface area contributed by atoms with E-state index < -0.39 is 0 Å². The van der Waals surface area contributed by atoms with Gasteiger partial charge in [-0.05, 0) is 37.3 Å². The minimum Gasteiger partial charge on any atom is -0.373 e. The van der Waals surface area contributed by atoms with Gasteiger partial charge in [0.1, 0.15) is 5.69 Å². The number of hydrogen-bond acceptors (Lipinski definition) is 7. The van der Waals surface area contributed by atoms with Crippen molar-refractivity contribution < 1.29 is 4.74 Å². The van der Waals surface area contributed by atoms with Gasteiger partial charge in [-0.2, -0.15) is 5.10 Å². The van der Waals surface area contributed by atoms with Gasteiger partial charge in [-0.1, -0.05) is 6.07 Å². The van der Waals surface area contributed by atoms with Crippen LogP contribution in [0, 0.1) is 6.92 Å². The number of rotatable bonds is 3. The highest BCUT2D eigenvalue weighted by Crippen LogP contribution is 2.31. The SMILES string of the molecule is Cc1cccc(-c2n[nH]cc2-c2ccc3nccc(C4CO[C@H]5CNC[C@@H]5N4)c3n2)n1. The van der Waals surface area contributed by atoms with E-state index in [1.54, 1.807) is 0 Å². The summed E-state index contributed by atoms with van der Waals surface area (Å²) in [6.45, 7) is 4.43. The quantitative estimate of drug-likeness (QED) is 0.474. The first-order valence-electron chi connectivity index (χ1n) is 10.6. The van der Waals surface area contributed by atoms with Crippen LogP contribution in [-0.2, 0) is 4.74 Å². The zero-order chi connectivity index (χ0) is 20.8. The summed E-state index contributed by atoms with van der Waals surface area (Å²) in [7, 11) is 0. The van der Waals surface area contributed by atoms with Crippen LogP contribution in [-0.4, -0.2) is 57.0 Å². The number of ether oxygens (including phenoxy) is 1. The van der Waals surface area contributed by atoms with Crippen LogP contribution >= 0.6 is 0 Å². The maximum absolute atomic E-state index is 6.11. The van der Waals surface area contributed by atoms with Gasteiger partial charge in [-0.15, -0.1) is 0 Å². The van der Waals surface area contributed by atoms with Crippen LogP contribution in [0.3, 0.4) is 0 Å². The van der Waals surface area contributed by atoms with Gasteiger partial charge in [0.15, 0.2) is 0 Å². The van der Waals surface area contributed by atoms with Gasteiger partial charge in [-0.3, -0.25) is 15.1 Å². The van der Waals surface area contributed by atoms with Crippen molar-refractivity contribution in [1.29, 1.82) is 0 Å². The number of pyridine rings is 3. The van der Waals surface area contributed by atoms with Crippen molar-refractivity contribution in [1.82, 2.24) is 35.8 Å². The Balaban J connectivity index is 1.42. The van der Waals surface area contributed by atoms with E-state index in [0.717, 1.165) is 58.0 Å². The highest BCUT2D eigenvalue weighted by molar-refractivity contribution is 5.84. The number of hydrogen-bond donors (Lipinski definition) is 3. The molecular weight excluding hydrogens is 390 g/mol. The predicted octanol–water partition coefficient (Wildman–Crippen LogP) is 2.39. The van der Waals surface area contributed by atoms with Crippen molar-refractivity contribution in [3.05, 3.63) is 60.0 Å². The molecule has 2 saturated heterocycles. The molecule has 3 atom stereocenters. The fourth-order valence-corrected chi connectivity index (χ4v) is 4.53. The number of morpholine rings is 1. The molecule has 0 aromatic carbocycles. The lowest BCUT2D eigenvalue weighted by molar-refractivity contribution is -0.00501. The number of aromatic nitrogens is 5. The van der Waals surface area contributed by atoms with E-state index in [4.69, 9.17) is 9.72 Å². The molecule has 6 heterocycles. The monoisotopic (exact) mass is 413 g/mol. The second-order valence-electron chi connectivity index (χ2n) is 8.13. The van der Waals surface area contributed by atoms with Crippen molar-refractivity contribution in [3.8, 4) is 22.6 Å². The van der Waals surface area contributed by atoms with Crippen LogP contribution in [0.1, 0.15) is 17.3 Å². The maximum Gasteiger partial charge on any atom is 0.120 e. The van der Waals surface area contributed by atoms with Gasteiger partial charge in [-0.25, -0.2) is 4.98 Å². The van der Waals surface area contributed by atoms with Crippen LogP contribution in [0.5, 0.6) is 0 Å². The van der Waals surface area contributed by atoms with Gasteiger partial charge >= 0.3 is 0 Å². The Morgan fingerprint density at radius 1 is 1.03 bits per heavy atom. The third-order valence-corrected chi connectivity index (χ3v) is 6.09. The normalized spacial score (nSPS) is 23.2. The molecule has 0 saturated carbocycles. The average Bonchev–Trinajstić information content (AvgIpc) is 3.47. The van der Waals surface area contributed by atoms with Crippen LogP contribution in [0.4, 0.5) is 0 Å². The summed E-state index contributed by atoms with van der Waals surface area (Å²) in [6, 6.07) is 12.4. The standard InChI is InChI=1S/C23H23N7O/c1-13-3-2-4-18(27-13)23-15(9-26-30-23)16-5-6-17-22(29-16)14(7-8-25-17)20-12-31-21-11-24-10-19(21)28-20/h2-9,19-21,24,28H,10-12H2,1H3,(H,26,30)/t19-,20?,21-/m0/s1. The first-order chi connectivity index (χ1) is 15.3. The van der Waals surface area contributed by atoms with Crippen molar-refractivity contribution in [3.63, 3.8) is 0 Å².